The topological polar surface area (TPSA) is 149 Å². The Bertz CT molecular complexity index is 1970. The van der Waals surface area contributed by atoms with Crippen molar-refractivity contribution in [2.75, 3.05) is 37.1 Å². The molecule has 258 valence electrons. The quantitative estimate of drug-likeness (QED) is 0.101. The molecule has 3 saturated heterocycles. The number of H-pyrrole nitrogens is 1. The minimum atomic E-state index is -0.686. The van der Waals surface area contributed by atoms with Crippen LogP contribution in [0.4, 0.5) is 10.1 Å². The van der Waals surface area contributed by atoms with Crippen molar-refractivity contribution >= 4 is 57.3 Å². The summed E-state index contributed by atoms with van der Waals surface area (Å²) >= 11 is 0.954. The summed E-state index contributed by atoms with van der Waals surface area (Å²) in [6, 6.07) is 12.0. The lowest BCUT2D eigenvalue weighted by atomic mass is 9.89. The minimum absolute atomic E-state index is 0.0180. The van der Waals surface area contributed by atoms with E-state index in [0.29, 0.717) is 46.5 Å². The van der Waals surface area contributed by atoms with Crippen LogP contribution in [0.1, 0.15) is 68.9 Å². The Morgan fingerprint density at radius 3 is 2.53 bits per heavy atom. The van der Waals surface area contributed by atoms with E-state index < -0.39 is 17.8 Å². The largest absolute Gasteiger partial charge is 0.506 e. The number of likely N-dealkylation sites (tertiary alicyclic amines) is 1. The summed E-state index contributed by atoms with van der Waals surface area (Å²) in [5, 5.41) is 13.6. The molecule has 1 aromatic heterocycles. The molecule has 0 aliphatic carbocycles. The summed E-state index contributed by atoms with van der Waals surface area (Å²) in [5.74, 6) is -0.832. The molecule has 14 heteroatoms. The number of hydrogen-bond donors (Lipinski definition) is 4. The predicted octanol–water partition coefficient (Wildman–Crippen LogP) is 4.62. The number of benzene rings is 3. The molecule has 0 spiro atoms. The molecule has 7 rings (SSSR count). The number of ether oxygens (including phenoxy) is 1. The molecule has 3 aliphatic heterocycles. The summed E-state index contributed by atoms with van der Waals surface area (Å²) in [6.07, 6.45) is 6.72. The molecule has 12 nitrogen and oxygen atoms in total. The molecular weight excluding hydrogens is 651 g/mol. The van der Waals surface area contributed by atoms with Gasteiger partial charge in [0, 0.05) is 11.8 Å². The zero-order valence-corrected chi connectivity index (χ0v) is 27.8. The molecule has 4 heterocycles. The normalized spacial score (nSPS) is 19.2. The Labute approximate surface area is 286 Å². The van der Waals surface area contributed by atoms with E-state index in [1.165, 1.54) is 20.5 Å². The van der Waals surface area contributed by atoms with Gasteiger partial charge in [0.1, 0.15) is 29.8 Å². The SMILES string of the molecule is O=C1CN(c2c(O)cc3ccc(OCCCCCCN4CCC(c5ccc6c(c5)[nH]c(=O)n6C5CCC(=O)NC5=O)CC4)cc3c2F)SN1. The van der Waals surface area contributed by atoms with E-state index >= 15 is 4.39 Å². The number of phenols is 1. The van der Waals surface area contributed by atoms with Crippen molar-refractivity contribution < 1.29 is 28.6 Å². The first kappa shape index (κ1) is 33.0. The van der Waals surface area contributed by atoms with Gasteiger partial charge in [-0.1, -0.05) is 25.0 Å². The number of hydrogen-bond acceptors (Lipinski definition) is 9. The lowest BCUT2D eigenvalue weighted by Crippen LogP contribution is -2.43. The highest BCUT2D eigenvalue weighted by Crippen LogP contribution is 2.40. The number of aromatic amines is 1. The number of aromatic nitrogens is 2. The van der Waals surface area contributed by atoms with Crippen LogP contribution in [0.5, 0.6) is 11.5 Å². The van der Waals surface area contributed by atoms with Gasteiger partial charge in [-0.05, 0) is 98.9 Å². The Morgan fingerprint density at radius 2 is 1.76 bits per heavy atom. The van der Waals surface area contributed by atoms with Gasteiger partial charge in [0.25, 0.3) is 5.91 Å². The van der Waals surface area contributed by atoms with Crippen LogP contribution in [0.2, 0.25) is 0 Å². The number of carbonyl (C=O) groups is 3. The Balaban J connectivity index is 0.837. The maximum absolute atomic E-state index is 15.4. The highest BCUT2D eigenvalue weighted by Gasteiger charge is 2.31. The summed E-state index contributed by atoms with van der Waals surface area (Å²) in [6.45, 7) is 3.56. The molecule has 4 aromatic rings. The number of rotatable bonds is 11. The highest BCUT2D eigenvalue weighted by atomic mass is 32.2. The molecule has 3 amide bonds. The fourth-order valence-corrected chi connectivity index (χ4v) is 7.89. The molecule has 0 bridgehead atoms. The van der Waals surface area contributed by atoms with Gasteiger partial charge < -0.3 is 19.7 Å². The van der Waals surface area contributed by atoms with E-state index in [9.17, 15) is 24.3 Å². The number of imidazole rings is 1. The van der Waals surface area contributed by atoms with Gasteiger partial charge >= 0.3 is 5.69 Å². The summed E-state index contributed by atoms with van der Waals surface area (Å²) in [7, 11) is 0. The third-order valence-electron chi connectivity index (χ3n) is 9.77. The number of nitrogens with zero attached hydrogens (tertiary/aromatic N) is 3. The predicted molar refractivity (Wildman–Crippen MR) is 185 cm³/mol. The third kappa shape index (κ3) is 6.97. The number of phenolic OH excluding ortho intramolecular Hbond substituents is 1. The van der Waals surface area contributed by atoms with E-state index in [1.807, 2.05) is 12.1 Å². The molecule has 1 atom stereocenters. The van der Waals surface area contributed by atoms with E-state index in [1.54, 1.807) is 18.2 Å². The van der Waals surface area contributed by atoms with Gasteiger partial charge in [-0.2, -0.15) is 0 Å². The van der Waals surface area contributed by atoms with E-state index in [2.05, 4.69) is 26.0 Å². The number of piperidine rings is 2. The second-order valence-corrected chi connectivity index (χ2v) is 13.8. The molecule has 0 saturated carbocycles. The zero-order valence-electron chi connectivity index (χ0n) is 27.0. The van der Waals surface area contributed by atoms with Crippen molar-refractivity contribution in [3.63, 3.8) is 0 Å². The number of amides is 3. The van der Waals surface area contributed by atoms with Gasteiger partial charge in [0.15, 0.2) is 5.82 Å². The van der Waals surface area contributed by atoms with Crippen molar-refractivity contribution in [2.45, 2.75) is 63.3 Å². The summed E-state index contributed by atoms with van der Waals surface area (Å²) in [5.41, 5.74) is 2.24. The van der Waals surface area contributed by atoms with Gasteiger partial charge in [-0.15, -0.1) is 0 Å². The van der Waals surface area contributed by atoms with Crippen molar-refractivity contribution in [2.24, 2.45) is 0 Å². The maximum Gasteiger partial charge on any atom is 0.327 e. The number of imide groups is 1. The average Bonchev–Trinajstić information content (AvgIpc) is 3.66. The second-order valence-electron chi connectivity index (χ2n) is 13.0. The summed E-state index contributed by atoms with van der Waals surface area (Å²) < 4.78 is 26.7. The number of nitrogens with one attached hydrogen (secondary N) is 3. The Morgan fingerprint density at radius 1 is 0.939 bits per heavy atom. The van der Waals surface area contributed by atoms with Crippen LogP contribution >= 0.6 is 12.1 Å². The van der Waals surface area contributed by atoms with E-state index in [-0.39, 0.29) is 41.9 Å². The number of halogens is 1. The van der Waals surface area contributed by atoms with Gasteiger partial charge in [0.05, 0.1) is 29.8 Å². The molecule has 3 aliphatic rings. The fourth-order valence-electron chi connectivity index (χ4n) is 7.17. The number of carbonyl (C=O) groups excluding carboxylic acids is 3. The molecule has 0 radical (unpaired) electrons. The van der Waals surface area contributed by atoms with Crippen molar-refractivity contribution in [3.05, 3.63) is 64.3 Å². The first-order chi connectivity index (χ1) is 23.7. The third-order valence-corrected chi connectivity index (χ3v) is 10.6. The smallest absolute Gasteiger partial charge is 0.327 e. The minimum Gasteiger partial charge on any atom is -0.506 e. The lowest BCUT2D eigenvalue weighted by Gasteiger charge is -2.32. The van der Waals surface area contributed by atoms with Crippen LogP contribution < -0.4 is 24.8 Å². The van der Waals surface area contributed by atoms with Crippen molar-refractivity contribution in [1.29, 1.82) is 0 Å². The fraction of sp³-hybridized carbons (Fsp3) is 0.429. The molecule has 3 fully saturated rings. The Hall–Kier alpha value is -4.56. The lowest BCUT2D eigenvalue weighted by molar-refractivity contribution is -0.135. The molecule has 3 aromatic carbocycles. The van der Waals surface area contributed by atoms with E-state index in [4.69, 9.17) is 4.74 Å². The zero-order chi connectivity index (χ0) is 34.1. The van der Waals surface area contributed by atoms with Gasteiger partial charge in [-0.25, -0.2) is 9.18 Å². The number of fused-ring (bicyclic) bond motifs is 2. The van der Waals surface area contributed by atoms with Crippen molar-refractivity contribution in [3.8, 4) is 11.5 Å². The maximum atomic E-state index is 15.4. The van der Waals surface area contributed by atoms with Crippen LogP contribution in [-0.4, -0.2) is 70.1 Å². The van der Waals surface area contributed by atoms with Crippen LogP contribution in [0, 0.1) is 5.82 Å². The first-order valence-electron chi connectivity index (χ1n) is 16.9. The first-order valence-corrected chi connectivity index (χ1v) is 17.6. The van der Waals surface area contributed by atoms with Crippen LogP contribution in [-0.2, 0) is 14.4 Å². The van der Waals surface area contributed by atoms with E-state index in [0.717, 1.165) is 70.3 Å². The average molecular weight is 691 g/mol. The van der Waals surface area contributed by atoms with Gasteiger partial charge in [0.2, 0.25) is 11.8 Å². The van der Waals surface area contributed by atoms with Gasteiger partial charge in [-0.3, -0.25) is 33.3 Å². The van der Waals surface area contributed by atoms with Crippen LogP contribution in [0.25, 0.3) is 21.8 Å². The Kier molecular flexibility index (Phi) is 9.50. The monoisotopic (exact) mass is 690 g/mol. The van der Waals surface area contributed by atoms with Crippen molar-refractivity contribution in [1.82, 2.24) is 24.5 Å². The number of anilines is 1. The molecule has 49 heavy (non-hydrogen) atoms. The molecule has 4 N–H and O–H groups in total. The highest BCUT2D eigenvalue weighted by molar-refractivity contribution is 7.99. The number of unbranched alkanes of at least 4 members (excludes halogenated alkanes) is 3. The molecular formula is C35H39FN6O6S. The summed E-state index contributed by atoms with van der Waals surface area (Å²) in [4.78, 5) is 53.7. The van der Waals surface area contributed by atoms with Crippen LogP contribution in [0.15, 0.2) is 47.3 Å². The second kappa shape index (κ2) is 14.1. The standard InChI is InChI=1S/C35H39FN6O6S/c36-32-25-19-24(7-5-23(25)18-29(43)33(32)41-20-31(45)39-49-41)48-16-4-2-1-3-13-40-14-11-21(12-15-40)22-6-8-27-26(17-22)37-35(47)42(27)28-9-10-30(44)38-34(28)46/h5-8,17-19,21,28,43H,1-4,9-16,20H2,(H,37,47)(H,39,45)(H,38,44,46). The van der Waals surface area contributed by atoms with Crippen LogP contribution in [0.3, 0.4) is 0 Å². The molecule has 1 unspecified atom stereocenters. The number of aromatic hydroxyl groups is 1.